The van der Waals surface area contributed by atoms with Crippen LogP contribution in [0.1, 0.15) is 10.4 Å². The molecule has 0 radical (unpaired) electrons. The van der Waals surface area contributed by atoms with E-state index in [1.807, 2.05) is 0 Å². The molecule has 0 fully saturated rings. The average Bonchev–Trinajstić information content (AvgIpc) is 2.28. The first kappa shape index (κ1) is 12.4. The molecule has 5 nitrogen and oxygen atoms in total. The number of anilines is 1. The maximum Gasteiger partial charge on any atom is 0.254 e. The summed E-state index contributed by atoms with van der Waals surface area (Å²) in [5.74, 6) is -1.43. The Labute approximate surface area is 91.7 Å². The highest BCUT2D eigenvalue weighted by molar-refractivity contribution is 5.95. The van der Waals surface area contributed by atoms with Crippen LogP contribution >= 0.6 is 0 Å². The predicted molar refractivity (Wildman–Crippen MR) is 56.2 cm³/mol. The number of aliphatic hydroxyl groups is 2. The topological polar surface area (TPSA) is 95.6 Å². The van der Waals surface area contributed by atoms with Gasteiger partial charge in [0.1, 0.15) is 5.82 Å². The second-order valence-corrected chi connectivity index (χ2v) is 3.27. The van der Waals surface area contributed by atoms with Crippen LogP contribution in [0.4, 0.5) is 10.1 Å². The SMILES string of the molecule is Nc1ccc(F)c(C(=O)NC(CO)CO)c1. The Kier molecular flexibility index (Phi) is 4.21. The molecule has 1 rings (SSSR count). The lowest BCUT2D eigenvalue weighted by Crippen LogP contribution is -2.40. The van der Waals surface area contributed by atoms with Crippen LogP contribution in [0.25, 0.3) is 0 Å². The summed E-state index contributed by atoms with van der Waals surface area (Å²) < 4.78 is 13.2. The minimum Gasteiger partial charge on any atom is -0.399 e. The lowest BCUT2D eigenvalue weighted by molar-refractivity contribution is 0.0875. The lowest BCUT2D eigenvalue weighted by atomic mass is 10.1. The summed E-state index contributed by atoms with van der Waals surface area (Å²) >= 11 is 0. The molecule has 88 valence electrons. The largest absolute Gasteiger partial charge is 0.399 e. The maximum absolute atomic E-state index is 13.2. The molecule has 0 saturated carbocycles. The van der Waals surface area contributed by atoms with Gasteiger partial charge in [-0.1, -0.05) is 0 Å². The minimum atomic E-state index is -0.812. The molecule has 0 aliphatic carbocycles. The number of rotatable bonds is 4. The number of amides is 1. The number of nitrogen functional groups attached to an aromatic ring is 1. The van der Waals surface area contributed by atoms with E-state index in [0.717, 1.165) is 6.07 Å². The highest BCUT2D eigenvalue weighted by Gasteiger charge is 2.15. The molecular weight excluding hydrogens is 215 g/mol. The first-order chi connectivity index (χ1) is 7.58. The number of carbonyl (C=O) groups excluding carboxylic acids is 1. The van der Waals surface area contributed by atoms with Crippen molar-refractivity contribution in [3.8, 4) is 0 Å². The Morgan fingerprint density at radius 3 is 2.62 bits per heavy atom. The van der Waals surface area contributed by atoms with Crippen LogP contribution in [0.2, 0.25) is 0 Å². The summed E-state index contributed by atoms with van der Waals surface area (Å²) in [5.41, 5.74) is 5.46. The number of hydrogen-bond acceptors (Lipinski definition) is 4. The standard InChI is InChI=1S/C10H13FN2O3/c11-9-2-1-6(12)3-8(9)10(16)13-7(4-14)5-15/h1-3,7,14-15H,4-5,12H2,(H,13,16). The van der Waals surface area contributed by atoms with Gasteiger partial charge in [0.05, 0.1) is 24.8 Å². The van der Waals surface area contributed by atoms with E-state index < -0.39 is 31.0 Å². The maximum atomic E-state index is 13.2. The van der Waals surface area contributed by atoms with Crippen LogP contribution in [-0.4, -0.2) is 35.4 Å². The summed E-state index contributed by atoms with van der Waals surface area (Å²) in [5, 5.41) is 19.8. The second-order valence-electron chi connectivity index (χ2n) is 3.27. The fraction of sp³-hybridized carbons (Fsp3) is 0.300. The van der Waals surface area contributed by atoms with Crippen LogP contribution in [0.5, 0.6) is 0 Å². The van der Waals surface area contributed by atoms with Crippen molar-refractivity contribution in [2.24, 2.45) is 0 Å². The van der Waals surface area contributed by atoms with Gasteiger partial charge in [-0.15, -0.1) is 0 Å². The Balaban J connectivity index is 2.83. The molecule has 0 aliphatic rings. The van der Waals surface area contributed by atoms with Gasteiger partial charge in [0.15, 0.2) is 0 Å². The fourth-order valence-electron chi connectivity index (χ4n) is 1.13. The third kappa shape index (κ3) is 2.91. The molecule has 5 N–H and O–H groups in total. The van der Waals surface area contributed by atoms with Crippen LogP contribution in [-0.2, 0) is 0 Å². The quantitative estimate of drug-likeness (QED) is 0.522. The molecule has 0 unspecified atom stereocenters. The molecule has 0 atom stereocenters. The molecule has 1 amide bonds. The molecule has 0 aromatic heterocycles. The van der Waals surface area contributed by atoms with Gasteiger partial charge in [0, 0.05) is 5.69 Å². The molecule has 0 spiro atoms. The van der Waals surface area contributed by atoms with Gasteiger partial charge in [-0.2, -0.15) is 0 Å². The van der Waals surface area contributed by atoms with Gasteiger partial charge in [-0.05, 0) is 18.2 Å². The second kappa shape index (κ2) is 5.43. The molecular formula is C10H13FN2O3. The van der Waals surface area contributed by atoms with Crippen molar-refractivity contribution in [3.05, 3.63) is 29.6 Å². The predicted octanol–water partition coefficient (Wildman–Crippen LogP) is -0.509. The van der Waals surface area contributed by atoms with Crippen LogP contribution in [0.15, 0.2) is 18.2 Å². The van der Waals surface area contributed by atoms with E-state index in [2.05, 4.69) is 5.32 Å². The van der Waals surface area contributed by atoms with E-state index in [-0.39, 0.29) is 11.3 Å². The van der Waals surface area contributed by atoms with E-state index in [1.165, 1.54) is 12.1 Å². The van der Waals surface area contributed by atoms with Gasteiger partial charge in [-0.25, -0.2) is 4.39 Å². The normalized spacial score (nSPS) is 10.5. The smallest absolute Gasteiger partial charge is 0.254 e. The average molecular weight is 228 g/mol. The van der Waals surface area contributed by atoms with E-state index in [4.69, 9.17) is 15.9 Å². The molecule has 16 heavy (non-hydrogen) atoms. The molecule has 0 heterocycles. The summed E-state index contributed by atoms with van der Waals surface area (Å²) in [4.78, 5) is 11.5. The van der Waals surface area contributed by atoms with E-state index in [1.54, 1.807) is 0 Å². The zero-order valence-corrected chi connectivity index (χ0v) is 8.48. The molecule has 1 aromatic carbocycles. The monoisotopic (exact) mass is 228 g/mol. The number of halogens is 1. The van der Waals surface area contributed by atoms with E-state index in [0.29, 0.717) is 0 Å². The van der Waals surface area contributed by atoms with Crippen molar-refractivity contribution in [1.82, 2.24) is 5.32 Å². The van der Waals surface area contributed by atoms with Crippen molar-refractivity contribution in [2.75, 3.05) is 18.9 Å². The third-order valence-electron chi connectivity index (χ3n) is 2.01. The Morgan fingerprint density at radius 1 is 1.44 bits per heavy atom. The van der Waals surface area contributed by atoms with Crippen LogP contribution in [0, 0.1) is 5.82 Å². The van der Waals surface area contributed by atoms with Gasteiger partial charge < -0.3 is 21.3 Å². The van der Waals surface area contributed by atoms with Crippen molar-refractivity contribution in [2.45, 2.75) is 6.04 Å². The van der Waals surface area contributed by atoms with Crippen molar-refractivity contribution >= 4 is 11.6 Å². The third-order valence-corrected chi connectivity index (χ3v) is 2.01. The number of benzene rings is 1. The first-order valence-electron chi connectivity index (χ1n) is 4.66. The van der Waals surface area contributed by atoms with Gasteiger partial charge in [0.2, 0.25) is 0 Å². The summed E-state index contributed by atoms with van der Waals surface area (Å²) in [6.07, 6.45) is 0. The van der Waals surface area contributed by atoms with Gasteiger partial charge >= 0.3 is 0 Å². The number of carbonyl (C=O) groups is 1. The number of aliphatic hydroxyl groups excluding tert-OH is 2. The minimum absolute atomic E-state index is 0.216. The van der Waals surface area contributed by atoms with Gasteiger partial charge in [0.25, 0.3) is 5.91 Å². The van der Waals surface area contributed by atoms with Crippen LogP contribution in [0.3, 0.4) is 0 Å². The highest BCUT2D eigenvalue weighted by atomic mass is 19.1. The lowest BCUT2D eigenvalue weighted by Gasteiger charge is -2.13. The fourth-order valence-corrected chi connectivity index (χ4v) is 1.13. The van der Waals surface area contributed by atoms with Crippen molar-refractivity contribution in [1.29, 1.82) is 0 Å². The number of hydrogen-bond donors (Lipinski definition) is 4. The molecule has 0 aliphatic heterocycles. The summed E-state index contributed by atoms with van der Waals surface area (Å²) in [6, 6.07) is 2.79. The Bertz CT molecular complexity index is 380. The molecule has 0 bridgehead atoms. The van der Waals surface area contributed by atoms with Crippen molar-refractivity contribution < 1.29 is 19.4 Å². The molecule has 6 heteroatoms. The van der Waals surface area contributed by atoms with Crippen LogP contribution < -0.4 is 11.1 Å². The Hall–Kier alpha value is -1.66. The van der Waals surface area contributed by atoms with Gasteiger partial charge in [-0.3, -0.25) is 4.79 Å². The zero-order chi connectivity index (χ0) is 12.1. The highest BCUT2D eigenvalue weighted by Crippen LogP contribution is 2.11. The summed E-state index contributed by atoms with van der Waals surface area (Å²) in [7, 11) is 0. The van der Waals surface area contributed by atoms with E-state index in [9.17, 15) is 9.18 Å². The molecule has 0 saturated heterocycles. The first-order valence-corrected chi connectivity index (χ1v) is 4.66. The number of nitrogens with one attached hydrogen (secondary N) is 1. The zero-order valence-electron chi connectivity index (χ0n) is 8.48. The van der Waals surface area contributed by atoms with E-state index >= 15 is 0 Å². The van der Waals surface area contributed by atoms with Crippen molar-refractivity contribution in [3.63, 3.8) is 0 Å². The molecule has 1 aromatic rings. The number of nitrogens with two attached hydrogens (primary N) is 1. The Morgan fingerprint density at radius 2 is 2.06 bits per heavy atom. The summed E-state index contributed by atoms with van der Waals surface area (Å²) in [6.45, 7) is -0.849.